The fourth-order valence-electron chi connectivity index (χ4n) is 5.28. The van der Waals surface area contributed by atoms with Gasteiger partial charge in [0, 0.05) is 23.1 Å². The van der Waals surface area contributed by atoms with Crippen LogP contribution in [-0.2, 0) is 4.74 Å². The maximum atomic E-state index is 14.8. The van der Waals surface area contributed by atoms with Gasteiger partial charge in [-0.15, -0.1) is 0 Å². The van der Waals surface area contributed by atoms with Crippen LogP contribution in [-0.4, -0.2) is 28.0 Å². The number of carbonyl (C=O) groups is 1. The van der Waals surface area contributed by atoms with Crippen molar-refractivity contribution in [1.82, 2.24) is 15.0 Å². The number of imidazole rings is 1. The van der Waals surface area contributed by atoms with Crippen molar-refractivity contribution in [2.75, 3.05) is 7.11 Å². The minimum atomic E-state index is -0.740. The first kappa shape index (κ1) is 21.5. The minimum absolute atomic E-state index is 0.0888. The molecule has 2 aromatic heterocycles. The lowest BCUT2D eigenvalue weighted by atomic mass is 9.73. The number of ether oxygens (including phenoxy) is 1. The van der Waals surface area contributed by atoms with Crippen LogP contribution in [0.4, 0.5) is 8.78 Å². The average molecular weight is 450 g/mol. The quantitative estimate of drug-likeness (QED) is 0.374. The number of aromatic nitrogens is 3. The van der Waals surface area contributed by atoms with Gasteiger partial charge in [-0.1, -0.05) is 13.0 Å². The molecule has 2 heterocycles. The summed E-state index contributed by atoms with van der Waals surface area (Å²) in [4.78, 5) is 24.3. The summed E-state index contributed by atoms with van der Waals surface area (Å²) in [6.07, 6.45) is 5.34. The Balaban J connectivity index is 1.38. The molecule has 1 aliphatic rings. The van der Waals surface area contributed by atoms with Crippen LogP contribution in [0.2, 0.25) is 0 Å². The smallest absolute Gasteiger partial charge is 0.343 e. The molecule has 2 aromatic carbocycles. The second-order valence-corrected chi connectivity index (χ2v) is 8.86. The highest BCUT2D eigenvalue weighted by Crippen LogP contribution is 2.43. The SMILES string of the molecule is COC(=O)c1c(F)ccc2[nH]c([C@H](C)C3CCC(c4c(F)ccc5ncccc45)CC3)nc12. The summed E-state index contributed by atoms with van der Waals surface area (Å²) in [5.41, 5.74) is 2.35. The van der Waals surface area contributed by atoms with Crippen LogP contribution in [0.1, 0.15) is 66.2 Å². The van der Waals surface area contributed by atoms with Crippen molar-refractivity contribution in [3.05, 3.63) is 71.2 Å². The molecule has 5 nitrogen and oxygen atoms in total. The molecule has 0 spiro atoms. The number of carbonyl (C=O) groups excluding carboxylic acids is 1. The highest BCUT2D eigenvalue weighted by Gasteiger charge is 2.31. The fraction of sp³-hybridized carbons (Fsp3) is 0.346. The van der Waals surface area contributed by atoms with E-state index < -0.39 is 11.8 Å². The van der Waals surface area contributed by atoms with Crippen LogP contribution >= 0.6 is 0 Å². The maximum Gasteiger partial charge on any atom is 0.343 e. The molecule has 0 saturated heterocycles. The number of rotatable bonds is 4. The molecule has 4 aromatic rings. The van der Waals surface area contributed by atoms with E-state index in [2.05, 4.69) is 21.9 Å². The summed E-state index contributed by atoms with van der Waals surface area (Å²) in [6.45, 7) is 2.10. The number of benzene rings is 2. The number of hydrogen-bond acceptors (Lipinski definition) is 4. The molecule has 0 aliphatic heterocycles. The van der Waals surface area contributed by atoms with E-state index in [1.54, 1.807) is 18.3 Å². The number of methoxy groups -OCH3 is 1. The van der Waals surface area contributed by atoms with Gasteiger partial charge in [0.15, 0.2) is 0 Å². The zero-order valence-corrected chi connectivity index (χ0v) is 18.6. The van der Waals surface area contributed by atoms with E-state index in [0.717, 1.165) is 48.0 Å². The standard InChI is InChI=1S/C26H25F2N3O2/c1-14(25-30-21-12-10-19(28)23(24(21)31-25)26(32)33-2)15-5-7-16(8-6-15)22-17-4-3-13-29-20(17)11-9-18(22)27/h3-4,9-16H,5-8H2,1-2H3,(H,30,31)/t14-,15?,16?/m1/s1. The molecular weight excluding hydrogens is 424 g/mol. The van der Waals surface area contributed by atoms with Crippen LogP contribution in [0.3, 0.4) is 0 Å². The van der Waals surface area contributed by atoms with Gasteiger partial charge >= 0.3 is 5.97 Å². The summed E-state index contributed by atoms with van der Waals surface area (Å²) in [5, 5.41) is 0.892. The Morgan fingerprint density at radius 3 is 2.61 bits per heavy atom. The normalized spacial score (nSPS) is 19.6. The number of esters is 1. The Morgan fingerprint density at radius 1 is 1.09 bits per heavy atom. The van der Waals surface area contributed by atoms with Crippen molar-refractivity contribution < 1.29 is 18.3 Å². The first-order valence-electron chi connectivity index (χ1n) is 11.3. The van der Waals surface area contributed by atoms with Gasteiger partial charge in [-0.3, -0.25) is 4.98 Å². The number of nitrogens with one attached hydrogen (secondary N) is 1. The third-order valence-electron chi connectivity index (χ3n) is 7.10. The molecule has 0 radical (unpaired) electrons. The number of halogens is 2. The summed E-state index contributed by atoms with van der Waals surface area (Å²) in [5.74, 6) is -0.234. The Labute approximate surface area is 190 Å². The van der Waals surface area contributed by atoms with Crippen molar-refractivity contribution in [1.29, 1.82) is 0 Å². The maximum absolute atomic E-state index is 14.8. The van der Waals surface area contributed by atoms with Gasteiger partial charge in [0.2, 0.25) is 0 Å². The van der Waals surface area contributed by atoms with Gasteiger partial charge in [-0.05, 0) is 67.9 Å². The van der Waals surface area contributed by atoms with E-state index in [1.165, 1.54) is 19.2 Å². The molecule has 0 amide bonds. The minimum Gasteiger partial charge on any atom is -0.465 e. The molecule has 1 aliphatic carbocycles. The fourth-order valence-corrected chi connectivity index (χ4v) is 5.28. The lowest BCUT2D eigenvalue weighted by molar-refractivity contribution is 0.0597. The lowest BCUT2D eigenvalue weighted by Crippen LogP contribution is -2.19. The predicted octanol–water partition coefficient (Wildman–Crippen LogP) is 6.25. The first-order valence-corrected chi connectivity index (χ1v) is 11.3. The monoisotopic (exact) mass is 449 g/mol. The Hall–Kier alpha value is -3.35. The molecule has 33 heavy (non-hydrogen) atoms. The molecule has 7 heteroatoms. The van der Waals surface area contributed by atoms with Crippen LogP contribution < -0.4 is 0 Å². The van der Waals surface area contributed by atoms with E-state index >= 15 is 0 Å². The summed E-state index contributed by atoms with van der Waals surface area (Å²) in [7, 11) is 1.23. The Bertz CT molecular complexity index is 1340. The summed E-state index contributed by atoms with van der Waals surface area (Å²) in [6, 6.07) is 9.89. The molecule has 0 unspecified atom stereocenters. The van der Waals surface area contributed by atoms with Crippen molar-refractivity contribution >= 4 is 27.9 Å². The number of H-pyrrole nitrogens is 1. The Morgan fingerprint density at radius 2 is 1.85 bits per heavy atom. The third kappa shape index (κ3) is 3.75. The lowest BCUT2D eigenvalue weighted by Gasteiger charge is -2.32. The van der Waals surface area contributed by atoms with Crippen LogP contribution in [0.25, 0.3) is 21.9 Å². The third-order valence-corrected chi connectivity index (χ3v) is 7.10. The zero-order chi connectivity index (χ0) is 23.1. The van der Waals surface area contributed by atoms with Crippen molar-refractivity contribution in [2.45, 2.75) is 44.4 Å². The van der Waals surface area contributed by atoms with Crippen molar-refractivity contribution in [3.63, 3.8) is 0 Å². The first-order chi connectivity index (χ1) is 16.0. The van der Waals surface area contributed by atoms with Gasteiger partial charge in [0.1, 0.15) is 28.5 Å². The van der Waals surface area contributed by atoms with Crippen LogP contribution in [0.15, 0.2) is 42.6 Å². The number of nitrogens with zero attached hydrogens (tertiary/aromatic N) is 2. The van der Waals surface area contributed by atoms with E-state index in [9.17, 15) is 13.6 Å². The molecule has 1 N–H and O–H groups in total. The number of aromatic amines is 1. The number of hydrogen-bond donors (Lipinski definition) is 1. The molecule has 0 bridgehead atoms. The molecule has 1 fully saturated rings. The Kier molecular flexibility index (Phi) is 5.56. The molecule has 170 valence electrons. The largest absolute Gasteiger partial charge is 0.465 e. The van der Waals surface area contributed by atoms with Gasteiger partial charge in [-0.2, -0.15) is 0 Å². The summed E-state index contributed by atoms with van der Waals surface area (Å²) >= 11 is 0. The second kappa shape index (κ2) is 8.54. The summed E-state index contributed by atoms with van der Waals surface area (Å²) < 4.78 is 33.8. The highest BCUT2D eigenvalue weighted by molar-refractivity contribution is 6.02. The van der Waals surface area contributed by atoms with Gasteiger partial charge in [0.25, 0.3) is 0 Å². The van der Waals surface area contributed by atoms with Gasteiger partial charge in [-0.25, -0.2) is 18.6 Å². The van der Waals surface area contributed by atoms with E-state index in [0.29, 0.717) is 17.0 Å². The topological polar surface area (TPSA) is 67.9 Å². The van der Waals surface area contributed by atoms with E-state index in [-0.39, 0.29) is 23.2 Å². The molecule has 1 saturated carbocycles. The molecule has 5 rings (SSSR count). The molecule has 1 atom stereocenters. The second-order valence-electron chi connectivity index (χ2n) is 8.86. The van der Waals surface area contributed by atoms with Gasteiger partial charge in [0.05, 0.1) is 18.1 Å². The van der Waals surface area contributed by atoms with Crippen molar-refractivity contribution in [2.24, 2.45) is 5.92 Å². The zero-order valence-electron chi connectivity index (χ0n) is 18.6. The van der Waals surface area contributed by atoms with Gasteiger partial charge < -0.3 is 9.72 Å². The van der Waals surface area contributed by atoms with E-state index in [1.807, 2.05) is 12.1 Å². The van der Waals surface area contributed by atoms with Crippen LogP contribution in [0, 0.1) is 17.6 Å². The van der Waals surface area contributed by atoms with Crippen molar-refractivity contribution in [3.8, 4) is 0 Å². The molecular formula is C26H25F2N3O2. The van der Waals surface area contributed by atoms with E-state index in [4.69, 9.17) is 4.74 Å². The average Bonchev–Trinajstić information content (AvgIpc) is 3.27. The highest BCUT2D eigenvalue weighted by atomic mass is 19.1. The van der Waals surface area contributed by atoms with Crippen LogP contribution in [0.5, 0.6) is 0 Å². The predicted molar refractivity (Wildman–Crippen MR) is 122 cm³/mol. The number of pyridine rings is 1. The number of fused-ring (bicyclic) bond motifs is 2.